The molecule has 88 valence electrons. The lowest BCUT2D eigenvalue weighted by Gasteiger charge is -2.17. The number of hydrazine groups is 1. The van der Waals surface area contributed by atoms with Gasteiger partial charge in [0, 0.05) is 6.04 Å². The van der Waals surface area contributed by atoms with E-state index in [9.17, 15) is 0 Å². The minimum atomic E-state index is 0.118. The number of aliphatic hydroxyl groups is 1. The second kappa shape index (κ2) is 4.82. The number of nitrogens with one attached hydrogen (secondary N) is 2. The van der Waals surface area contributed by atoms with Gasteiger partial charge in [0.15, 0.2) is 0 Å². The van der Waals surface area contributed by atoms with E-state index in [1.807, 2.05) is 12.1 Å². The van der Waals surface area contributed by atoms with Gasteiger partial charge in [-0.25, -0.2) is 5.43 Å². The highest BCUT2D eigenvalue weighted by atomic mass is 16.5. The van der Waals surface area contributed by atoms with Crippen LogP contribution in [0.5, 0.6) is 5.75 Å². The Morgan fingerprint density at radius 2 is 1.94 bits per heavy atom. The van der Waals surface area contributed by atoms with Crippen LogP contribution in [-0.4, -0.2) is 24.9 Å². The molecule has 2 rings (SSSR count). The molecule has 0 radical (unpaired) electrons. The van der Waals surface area contributed by atoms with Crippen LogP contribution in [0, 0.1) is 5.92 Å². The van der Waals surface area contributed by atoms with E-state index in [0.29, 0.717) is 5.92 Å². The molecule has 3 unspecified atom stereocenters. The minimum Gasteiger partial charge on any atom is -0.497 e. The van der Waals surface area contributed by atoms with Gasteiger partial charge in [-0.05, 0) is 23.6 Å². The van der Waals surface area contributed by atoms with Gasteiger partial charge in [-0.1, -0.05) is 19.1 Å². The molecule has 1 saturated heterocycles. The van der Waals surface area contributed by atoms with Crippen LogP contribution in [-0.2, 0) is 0 Å². The van der Waals surface area contributed by atoms with E-state index in [-0.39, 0.29) is 18.7 Å². The summed E-state index contributed by atoms with van der Waals surface area (Å²) in [5.74, 6) is 1.22. The van der Waals surface area contributed by atoms with Crippen LogP contribution in [0.25, 0.3) is 0 Å². The molecule has 4 nitrogen and oxygen atoms in total. The molecule has 1 fully saturated rings. The molecule has 0 bridgehead atoms. The standard InChI is InChI=1S/C12H18N2O2/c1-8-11(7-15)13-14-12(8)9-3-5-10(16-2)6-4-9/h3-6,8,11-15H,7H2,1-2H3. The Hall–Kier alpha value is -1.10. The van der Waals surface area contributed by atoms with Crippen molar-refractivity contribution in [1.29, 1.82) is 0 Å². The van der Waals surface area contributed by atoms with Crippen molar-refractivity contribution in [2.45, 2.75) is 19.0 Å². The van der Waals surface area contributed by atoms with Gasteiger partial charge in [0.25, 0.3) is 0 Å². The van der Waals surface area contributed by atoms with Crippen molar-refractivity contribution in [3.05, 3.63) is 29.8 Å². The van der Waals surface area contributed by atoms with Crippen molar-refractivity contribution in [2.24, 2.45) is 5.92 Å². The number of hydrogen-bond acceptors (Lipinski definition) is 4. The van der Waals surface area contributed by atoms with Gasteiger partial charge in [0.2, 0.25) is 0 Å². The smallest absolute Gasteiger partial charge is 0.118 e. The van der Waals surface area contributed by atoms with E-state index >= 15 is 0 Å². The Morgan fingerprint density at radius 1 is 1.25 bits per heavy atom. The van der Waals surface area contributed by atoms with Crippen molar-refractivity contribution in [3.8, 4) is 5.75 Å². The number of aliphatic hydroxyl groups excluding tert-OH is 1. The third-order valence-corrected chi connectivity index (χ3v) is 3.26. The number of hydrogen-bond donors (Lipinski definition) is 3. The molecule has 0 aromatic heterocycles. The average Bonchev–Trinajstić information content (AvgIpc) is 2.70. The molecule has 16 heavy (non-hydrogen) atoms. The quantitative estimate of drug-likeness (QED) is 0.709. The molecule has 3 N–H and O–H groups in total. The predicted molar refractivity (Wildman–Crippen MR) is 62.0 cm³/mol. The Balaban J connectivity index is 2.12. The highest BCUT2D eigenvalue weighted by molar-refractivity contribution is 5.30. The lowest BCUT2D eigenvalue weighted by atomic mass is 9.91. The highest BCUT2D eigenvalue weighted by Gasteiger charge is 2.32. The van der Waals surface area contributed by atoms with E-state index in [1.165, 1.54) is 5.56 Å². The van der Waals surface area contributed by atoms with Gasteiger partial charge in [-0.15, -0.1) is 0 Å². The maximum absolute atomic E-state index is 9.16. The van der Waals surface area contributed by atoms with Gasteiger partial charge in [-0.3, -0.25) is 5.43 Å². The van der Waals surface area contributed by atoms with Crippen LogP contribution in [0.1, 0.15) is 18.5 Å². The summed E-state index contributed by atoms with van der Waals surface area (Å²) in [4.78, 5) is 0. The molecule has 0 amide bonds. The second-order valence-corrected chi connectivity index (χ2v) is 4.19. The van der Waals surface area contributed by atoms with Crippen LogP contribution < -0.4 is 15.6 Å². The van der Waals surface area contributed by atoms with Crippen LogP contribution in [0.2, 0.25) is 0 Å². The van der Waals surface area contributed by atoms with E-state index in [4.69, 9.17) is 9.84 Å². The SMILES string of the molecule is COc1ccc(C2NNC(CO)C2C)cc1. The number of ether oxygens (including phenoxy) is 1. The summed E-state index contributed by atoms with van der Waals surface area (Å²) in [6.45, 7) is 2.28. The topological polar surface area (TPSA) is 53.5 Å². The molecule has 4 heteroatoms. The predicted octanol–water partition coefficient (Wildman–Crippen LogP) is 0.841. The molecule has 3 atom stereocenters. The van der Waals surface area contributed by atoms with Crippen molar-refractivity contribution in [2.75, 3.05) is 13.7 Å². The molecule has 1 aromatic rings. The summed E-state index contributed by atoms with van der Waals surface area (Å²) >= 11 is 0. The summed E-state index contributed by atoms with van der Waals surface area (Å²) in [7, 11) is 1.66. The first kappa shape index (κ1) is 11.4. The van der Waals surface area contributed by atoms with Crippen LogP contribution in [0.15, 0.2) is 24.3 Å². The van der Waals surface area contributed by atoms with Crippen molar-refractivity contribution >= 4 is 0 Å². The number of benzene rings is 1. The fraction of sp³-hybridized carbons (Fsp3) is 0.500. The summed E-state index contributed by atoms with van der Waals surface area (Å²) in [6.07, 6.45) is 0. The summed E-state index contributed by atoms with van der Waals surface area (Å²) in [5, 5.41) is 9.16. The summed E-state index contributed by atoms with van der Waals surface area (Å²) in [5.41, 5.74) is 7.52. The molecule has 1 aromatic carbocycles. The Morgan fingerprint density at radius 3 is 2.44 bits per heavy atom. The molecule has 0 saturated carbocycles. The molecular formula is C12H18N2O2. The normalized spacial score (nSPS) is 29.3. The van der Waals surface area contributed by atoms with Crippen molar-refractivity contribution in [3.63, 3.8) is 0 Å². The minimum absolute atomic E-state index is 0.118. The van der Waals surface area contributed by atoms with E-state index in [0.717, 1.165) is 5.75 Å². The molecule has 1 aliphatic heterocycles. The fourth-order valence-corrected chi connectivity index (χ4v) is 2.10. The lowest BCUT2D eigenvalue weighted by molar-refractivity contribution is 0.228. The van der Waals surface area contributed by atoms with E-state index in [2.05, 4.69) is 29.9 Å². The maximum Gasteiger partial charge on any atom is 0.118 e. The first-order valence-electron chi connectivity index (χ1n) is 5.52. The van der Waals surface area contributed by atoms with Gasteiger partial charge < -0.3 is 9.84 Å². The van der Waals surface area contributed by atoms with Gasteiger partial charge in [0.1, 0.15) is 5.75 Å². The van der Waals surface area contributed by atoms with Gasteiger partial charge in [0.05, 0.1) is 19.8 Å². The van der Waals surface area contributed by atoms with Crippen LogP contribution >= 0.6 is 0 Å². The monoisotopic (exact) mass is 222 g/mol. The largest absolute Gasteiger partial charge is 0.497 e. The fourth-order valence-electron chi connectivity index (χ4n) is 2.10. The molecule has 1 aliphatic rings. The number of methoxy groups -OCH3 is 1. The highest BCUT2D eigenvalue weighted by Crippen LogP contribution is 2.29. The van der Waals surface area contributed by atoms with Gasteiger partial charge in [-0.2, -0.15) is 0 Å². The zero-order chi connectivity index (χ0) is 11.5. The maximum atomic E-state index is 9.16. The summed E-state index contributed by atoms with van der Waals surface area (Å²) < 4.78 is 5.12. The second-order valence-electron chi connectivity index (χ2n) is 4.19. The molecular weight excluding hydrogens is 204 g/mol. The third kappa shape index (κ3) is 2.04. The molecule has 1 heterocycles. The zero-order valence-electron chi connectivity index (χ0n) is 9.60. The Bertz CT molecular complexity index is 339. The summed E-state index contributed by atoms with van der Waals surface area (Å²) in [6, 6.07) is 8.37. The third-order valence-electron chi connectivity index (χ3n) is 3.26. The Kier molecular flexibility index (Phi) is 3.43. The van der Waals surface area contributed by atoms with Crippen LogP contribution in [0.3, 0.4) is 0 Å². The molecule has 0 spiro atoms. The average molecular weight is 222 g/mol. The van der Waals surface area contributed by atoms with Gasteiger partial charge >= 0.3 is 0 Å². The number of rotatable bonds is 3. The lowest BCUT2D eigenvalue weighted by Crippen LogP contribution is -2.34. The zero-order valence-corrected chi connectivity index (χ0v) is 9.60. The molecule has 0 aliphatic carbocycles. The van der Waals surface area contributed by atoms with E-state index in [1.54, 1.807) is 7.11 Å². The Labute approximate surface area is 95.6 Å². The first-order chi connectivity index (χ1) is 7.76. The van der Waals surface area contributed by atoms with Crippen molar-refractivity contribution < 1.29 is 9.84 Å². The van der Waals surface area contributed by atoms with Crippen LogP contribution in [0.4, 0.5) is 0 Å². The van der Waals surface area contributed by atoms with Crippen molar-refractivity contribution in [1.82, 2.24) is 10.9 Å². The first-order valence-corrected chi connectivity index (χ1v) is 5.52. The van der Waals surface area contributed by atoms with E-state index < -0.39 is 0 Å².